The summed E-state index contributed by atoms with van der Waals surface area (Å²) in [6.45, 7) is 0. The van der Waals surface area contributed by atoms with Gasteiger partial charge >= 0.3 is 0 Å². The molecule has 0 bridgehead atoms. The van der Waals surface area contributed by atoms with Gasteiger partial charge in [0.2, 0.25) is 11.0 Å². The molecule has 0 spiro atoms. The smallest absolute Gasteiger partial charge is 0.238 e. The number of carbonyl (C=O) groups is 1. The van der Waals surface area contributed by atoms with E-state index < -0.39 is 15.9 Å². The monoisotopic (exact) mass is 396 g/mol. The molecule has 2 aromatic rings. The lowest BCUT2D eigenvalue weighted by molar-refractivity contribution is -0.116. The van der Waals surface area contributed by atoms with E-state index >= 15 is 0 Å². The number of nitrogens with zero attached hydrogens (tertiary/aromatic N) is 3. The Morgan fingerprint density at radius 2 is 2.12 bits per heavy atom. The van der Waals surface area contributed by atoms with Crippen LogP contribution in [0.5, 0.6) is 0 Å². The van der Waals surface area contributed by atoms with Gasteiger partial charge in [-0.05, 0) is 18.2 Å². The Morgan fingerprint density at radius 1 is 1.36 bits per heavy atom. The third-order valence-corrected chi connectivity index (χ3v) is 6.92. The van der Waals surface area contributed by atoms with Crippen molar-refractivity contribution in [2.45, 2.75) is 10.4 Å². The quantitative estimate of drug-likeness (QED) is 0.747. The molecule has 7 nitrogen and oxygen atoms in total. The summed E-state index contributed by atoms with van der Waals surface area (Å²) in [4.78, 5) is 14.3. The van der Waals surface area contributed by atoms with Crippen LogP contribution in [0, 0.1) is 0 Å². The van der Waals surface area contributed by atoms with Gasteiger partial charge in [-0.3, -0.25) is 4.79 Å². The fourth-order valence-electron chi connectivity index (χ4n) is 2.39. The molecule has 1 aliphatic heterocycles. The molecule has 2 heterocycles. The summed E-state index contributed by atoms with van der Waals surface area (Å²) < 4.78 is 24.2. The van der Waals surface area contributed by atoms with Gasteiger partial charge in [0.15, 0.2) is 14.2 Å². The Labute approximate surface area is 154 Å². The zero-order valence-electron chi connectivity index (χ0n) is 13.3. The van der Waals surface area contributed by atoms with E-state index in [1.807, 2.05) is 18.2 Å². The van der Waals surface area contributed by atoms with E-state index in [9.17, 15) is 13.2 Å². The van der Waals surface area contributed by atoms with Crippen molar-refractivity contribution in [1.29, 1.82) is 0 Å². The molecule has 1 N–H and O–H groups in total. The first kappa shape index (κ1) is 17.9. The Morgan fingerprint density at radius 3 is 2.72 bits per heavy atom. The second kappa shape index (κ2) is 7.54. The number of para-hydroxylation sites is 1. The predicted molar refractivity (Wildman–Crippen MR) is 101 cm³/mol. The van der Waals surface area contributed by atoms with Crippen molar-refractivity contribution in [3.05, 3.63) is 41.8 Å². The van der Waals surface area contributed by atoms with Gasteiger partial charge in [0.25, 0.3) is 0 Å². The first-order chi connectivity index (χ1) is 12.0. The Bertz CT molecular complexity index is 880. The average Bonchev–Trinajstić information content (AvgIpc) is 3.20. The van der Waals surface area contributed by atoms with Gasteiger partial charge in [-0.2, -0.15) is 0 Å². The molecule has 25 heavy (non-hydrogen) atoms. The third kappa shape index (κ3) is 4.39. The molecule has 1 aliphatic rings. The lowest BCUT2D eigenvalue weighted by Gasteiger charge is -2.27. The Hall–Kier alpha value is -1.91. The fraction of sp³-hybridized carbons (Fsp3) is 0.267. The lowest BCUT2D eigenvalue weighted by atomic mass is 10.2. The molecule has 0 unspecified atom stereocenters. The molecular formula is C15H16N4O3S3. The molecule has 0 saturated carbocycles. The summed E-state index contributed by atoms with van der Waals surface area (Å²) in [7, 11) is -1.50. The largest absolute Gasteiger partial charge is 0.363 e. The number of anilines is 2. The van der Waals surface area contributed by atoms with Crippen LogP contribution in [-0.2, 0) is 14.6 Å². The number of hydrogen-bond acceptors (Lipinski definition) is 8. The highest BCUT2D eigenvalue weighted by molar-refractivity contribution is 8.01. The molecule has 132 valence electrons. The van der Waals surface area contributed by atoms with Crippen molar-refractivity contribution >= 4 is 49.7 Å². The van der Waals surface area contributed by atoms with Gasteiger partial charge < -0.3 is 10.2 Å². The van der Waals surface area contributed by atoms with E-state index in [2.05, 4.69) is 15.5 Å². The first-order valence-corrected chi connectivity index (χ1v) is 10.9. The number of nitrogens with one attached hydrogen (secondary N) is 1. The topological polar surface area (TPSA) is 92.3 Å². The van der Waals surface area contributed by atoms with Crippen molar-refractivity contribution in [3.8, 4) is 0 Å². The highest BCUT2D eigenvalue weighted by Gasteiger charge is 2.31. The van der Waals surface area contributed by atoms with E-state index in [1.165, 1.54) is 33.4 Å². The number of benzene rings is 1. The molecule has 0 fully saturated rings. The predicted octanol–water partition coefficient (Wildman–Crippen LogP) is 2.02. The number of aromatic nitrogens is 2. The minimum absolute atomic E-state index is 0.0962. The Balaban J connectivity index is 1.77. The standard InChI is InChI=1S/C15H16N4O3S3/c1-16-14-17-18-15(24-14)23-9-13(20)19(11-5-3-2-4-6-11)12-7-8-25(21,22)10-12/h2-8,12H,9-10H2,1H3,(H,16,17)/t12-/m1/s1. The maximum Gasteiger partial charge on any atom is 0.238 e. The number of hydrogen-bond donors (Lipinski definition) is 1. The number of rotatable bonds is 6. The third-order valence-electron chi connectivity index (χ3n) is 3.49. The number of carbonyl (C=O) groups excluding carboxylic acids is 1. The van der Waals surface area contributed by atoms with Crippen LogP contribution >= 0.6 is 23.1 Å². The number of sulfone groups is 1. The van der Waals surface area contributed by atoms with E-state index in [0.29, 0.717) is 15.2 Å². The summed E-state index contributed by atoms with van der Waals surface area (Å²) in [5.74, 6) is -0.122. The maximum absolute atomic E-state index is 12.8. The van der Waals surface area contributed by atoms with Crippen molar-refractivity contribution in [1.82, 2.24) is 10.2 Å². The van der Waals surface area contributed by atoms with Gasteiger partial charge in [-0.15, -0.1) is 10.2 Å². The van der Waals surface area contributed by atoms with Gasteiger partial charge in [-0.1, -0.05) is 41.3 Å². The molecule has 1 aromatic carbocycles. The normalized spacial score (nSPS) is 18.2. The SMILES string of the molecule is CNc1nnc(SCC(=O)N(c2ccccc2)[C@@H]2C=CS(=O)(=O)C2)s1. The minimum atomic E-state index is -3.26. The van der Waals surface area contributed by atoms with Crippen LogP contribution in [-0.4, -0.2) is 49.1 Å². The zero-order chi connectivity index (χ0) is 17.9. The highest BCUT2D eigenvalue weighted by atomic mass is 32.2. The molecular weight excluding hydrogens is 380 g/mol. The molecule has 10 heteroatoms. The molecule has 1 atom stereocenters. The van der Waals surface area contributed by atoms with Crippen LogP contribution in [0.15, 0.2) is 46.2 Å². The molecule has 1 amide bonds. The van der Waals surface area contributed by atoms with Crippen LogP contribution in [0.4, 0.5) is 10.8 Å². The van der Waals surface area contributed by atoms with Gasteiger partial charge in [0.05, 0.1) is 17.5 Å². The van der Waals surface area contributed by atoms with E-state index in [4.69, 9.17) is 0 Å². The van der Waals surface area contributed by atoms with E-state index in [1.54, 1.807) is 25.3 Å². The van der Waals surface area contributed by atoms with Crippen LogP contribution < -0.4 is 10.2 Å². The molecule has 0 aliphatic carbocycles. The van der Waals surface area contributed by atoms with Gasteiger partial charge in [0.1, 0.15) is 0 Å². The zero-order valence-corrected chi connectivity index (χ0v) is 15.8. The second-order valence-corrected chi connectivity index (χ2v) is 9.37. The Kier molecular flexibility index (Phi) is 5.40. The number of amides is 1. The molecule has 0 saturated heterocycles. The fourth-order valence-corrected chi connectivity index (χ4v) is 5.22. The van der Waals surface area contributed by atoms with Crippen molar-refractivity contribution < 1.29 is 13.2 Å². The summed E-state index contributed by atoms with van der Waals surface area (Å²) in [5.41, 5.74) is 0.674. The average molecular weight is 397 g/mol. The van der Waals surface area contributed by atoms with Gasteiger partial charge in [0, 0.05) is 18.1 Å². The van der Waals surface area contributed by atoms with Crippen LogP contribution in [0.25, 0.3) is 0 Å². The van der Waals surface area contributed by atoms with Crippen molar-refractivity contribution in [3.63, 3.8) is 0 Å². The van der Waals surface area contributed by atoms with Crippen LogP contribution in [0.1, 0.15) is 0 Å². The van der Waals surface area contributed by atoms with E-state index in [0.717, 1.165) is 0 Å². The second-order valence-electron chi connectivity index (χ2n) is 5.24. The molecule has 1 aromatic heterocycles. The highest BCUT2D eigenvalue weighted by Crippen LogP contribution is 2.28. The van der Waals surface area contributed by atoms with Crippen LogP contribution in [0.2, 0.25) is 0 Å². The minimum Gasteiger partial charge on any atom is -0.363 e. The maximum atomic E-state index is 12.8. The molecule has 3 rings (SSSR count). The lowest BCUT2D eigenvalue weighted by Crippen LogP contribution is -2.42. The summed E-state index contributed by atoms with van der Waals surface area (Å²) in [6, 6.07) is 8.59. The van der Waals surface area contributed by atoms with Crippen molar-refractivity contribution in [2.24, 2.45) is 0 Å². The van der Waals surface area contributed by atoms with Gasteiger partial charge in [-0.25, -0.2) is 8.42 Å². The summed E-state index contributed by atoms with van der Waals surface area (Å²) in [6.07, 6.45) is 1.56. The summed E-state index contributed by atoms with van der Waals surface area (Å²) >= 11 is 2.65. The summed E-state index contributed by atoms with van der Waals surface area (Å²) in [5, 5.41) is 12.7. The first-order valence-electron chi connectivity index (χ1n) is 7.40. The van der Waals surface area contributed by atoms with E-state index in [-0.39, 0.29) is 17.4 Å². The van der Waals surface area contributed by atoms with Crippen LogP contribution in [0.3, 0.4) is 0 Å². The molecule has 0 radical (unpaired) electrons. The van der Waals surface area contributed by atoms with Crippen molar-refractivity contribution in [2.75, 3.05) is 28.8 Å². The number of thioether (sulfide) groups is 1.